The number of carbonyl (C=O) groups is 2. The Bertz CT molecular complexity index is 1500. The normalized spacial score (nSPS) is 13.4. The van der Waals surface area contributed by atoms with E-state index in [0.717, 1.165) is 35.8 Å². The number of carbonyl (C=O) groups excluding carboxylic acids is 2. The molecule has 0 saturated heterocycles. The zero-order chi connectivity index (χ0) is 25.8. The van der Waals surface area contributed by atoms with Crippen molar-refractivity contribution >= 4 is 34.6 Å². The predicted molar refractivity (Wildman–Crippen MR) is 139 cm³/mol. The summed E-state index contributed by atoms with van der Waals surface area (Å²) >= 11 is 6.49. The van der Waals surface area contributed by atoms with E-state index in [-0.39, 0.29) is 23.0 Å². The molecule has 0 bridgehead atoms. The maximum atomic E-state index is 13.3. The second-order valence-electron chi connectivity index (χ2n) is 8.80. The summed E-state index contributed by atoms with van der Waals surface area (Å²) in [6.07, 6.45) is 2.57. The van der Waals surface area contributed by atoms with Gasteiger partial charge in [-0.25, -0.2) is 14.4 Å². The standard InChI is InChI=1S/C29H24ClNO6/c30-23-15-22-20-13-7-8-14-21(20)27(32)36-24(22)16-25(23)37-28(33)26(19-11-5-2-6-12-19)31-29(34)35-17-18-9-3-1-4-10-18/h1-6,9-12,15-16,26H,7-8,13-14,17H2,(H,31,34)/t26-/m0/s1. The fraction of sp³-hybridized carbons (Fsp3) is 0.207. The Morgan fingerprint density at radius 2 is 1.62 bits per heavy atom. The van der Waals surface area contributed by atoms with Crippen molar-refractivity contribution in [2.45, 2.75) is 38.3 Å². The van der Waals surface area contributed by atoms with E-state index >= 15 is 0 Å². The molecule has 1 N–H and O–H groups in total. The van der Waals surface area contributed by atoms with Crippen molar-refractivity contribution in [2.24, 2.45) is 0 Å². The Labute approximate surface area is 218 Å². The van der Waals surface area contributed by atoms with E-state index in [0.29, 0.717) is 23.1 Å². The van der Waals surface area contributed by atoms with Gasteiger partial charge in [-0.15, -0.1) is 0 Å². The Morgan fingerprint density at radius 3 is 2.35 bits per heavy atom. The molecule has 5 rings (SSSR count). The topological polar surface area (TPSA) is 94.8 Å². The molecule has 1 amide bonds. The van der Waals surface area contributed by atoms with Gasteiger partial charge in [0.15, 0.2) is 11.8 Å². The van der Waals surface area contributed by atoms with Crippen LogP contribution in [0.3, 0.4) is 0 Å². The van der Waals surface area contributed by atoms with Crippen molar-refractivity contribution in [3.05, 3.63) is 110 Å². The second kappa shape index (κ2) is 10.9. The van der Waals surface area contributed by atoms with Crippen LogP contribution in [-0.2, 0) is 29.0 Å². The van der Waals surface area contributed by atoms with Crippen LogP contribution in [0.25, 0.3) is 11.0 Å². The highest BCUT2D eigenvalue weighted by Gasteiger charge is 2.27. The number of halogens is 1. The third-order valence-corrected chi connectivity index (χ3v) is 6.63. The fourth-order valence-corrected chi connectivity index (χ4v) is 4.70. The second-order valence-corrected chi connectivity index (χ2v) is 9.21. The zero-order valence-electron chi connectivity index (χ0n) is 19.9. The molecule has 1 aliphatic rings. The van der Waals surface area contributed by atoms with E-state index in [9.17, 15) is 14.4 Å². The molecule has 0 unspecified atom stereocenters. The molecule has 8 heteroatoms. The first-order valence-corrected chi connectivity index (χ1v) is 12.4. The number of fused-ring (bicyclic) bond motifs is 3. The molecule has 188 valence electrons. The van der Waals surface area contributed by atoms with E-state index in [2.05, 4.69) is 5.32 Å². The molecule has 4 aromatic rings. The summed E-state index contributed by atoms with van der Waals surface area (Å²) in [4.78, 5) is 38.3. The number of benzene rings is 3. The molecule has 3 aromatic carbocycles. The van der Waals surface area contributed by atoms with Crippen molar-refractivity contribution in [3.8, 4) is 5.75 Å². The van der Waals surface area contributed by atoms with Crippen molar-refractivity contribution < 1.29 is 23.5 Å². The SMILES string of the molecule is O=C(N[C@H](C(=O)Oc1cc2oc(=O)c3c(c2cc1Cl)CCCC3)c1ccccc1)OCc1ccccc1. The molecule has 1 atom stereocenters. The molecule has 37 heavy (non-hydrogen) atoms. The summed E-state index contributed by atoms with van der Waals surface area (Å²) < 4.78 is 16.4. The number of nitrogens with one attached hydrogen (secondary N) is 1. The number of amides is 1. The smallest absolute Gasteiger partial charge is 0.408 e. The van der Waals surface area contributed by atoms with Crippen LogP contribution >= 0.6 is 11.6 Å². The average molecular weight is 518 g/mol. The van der Waals surface area contributed by atoms with Crippen molar-refractivity contribution in [3.63, 3.8) is 0 Å². The molecule has 0 radical (unpaired) electrons. The van der Waals surface area contributed by atoms with Gasteiger partial charge in [0.05, 0.1) is 5.02 Å². The van der Waals surface area contributed by atoms with Gasteiger partial charge in [-0.1, -0.05) is 72.3 Å². The van der Waals surface area contributed by atoms with E-state index in [1.54, 1.807) is 36.4 Å². The molecule has 1 aromatic heterocycles. The first kappa shape index (κ1) is 24.6. The molecule has 0 spiro atoms. The summed E-state index contributed by atoms with van der Waals surface area (Å²) in [5, 5.41) is 3.51. The molecule has 1 heterocycles. The van der Waals surface area contributed by atoms with Gasteiger partial charge in [0, 0.05) is 17.0 Å². The molecular weight excluding hydrogens is 494 g/mol. The average Bonchev–Trinajstić information content (AvgIpc) is 2.93. The number of rotatable bonds is 6. The summed E-state index contributed by atoms with van der Waals surface area (Å²) in [7, 11) is 0. The van der Waals surface area contributed by atoms with Gasteiger partial charge >= 0.3 is 17.7 Å². The minimum absolute atomic E-state index is 0.0264. The molecule has 0 fully saturated rings. The van der Waals surface area contributed by atoms with Crippen LogP contribution in [0.15, 0.2) is 82.0 Å². The monoisotopic (exact) mass is 517 g/mol. The van der Waals surface area contributed by atoms with Gasteiger partial charge in [-0.05, 0) is 48.4 Å². The van der Waals surface area contributed by atoms with Crippen LogP contribution in [0.5, 0.6) is 5.75 Å². The van der Waals surface area contributed by atoms with Crippen LogP contribution < -0.4 is 15.7 Å². The molecule has 0 aliphatic heterocycles. The lowest BCUT2D eigenvalue weighted by Crippen LogP contribution is -2.36. The highest BCUT2D eigenvalue weighted by molar-refractivity contribution is 6.33. The minimum Gasteiger partial charge on any atom is -0.445 e. The van der Waals surface area contributed by atoms with Gasteiger partial charge < -0.3 is 19.2 Å². The summed E-state index contributed by atoms with van der Waals surface area (Å²) in [6, 6.07) is 19.8. The lowest BCUT2D eigenvalue weighted by molar-refractivity contribution is -0.136. The van der Waals surface area contributed by atoms with Gasteiger partial charge in [0.2, 0.25) is 0 Å². The lowest BCUT2D eigenvalue weighted by atomic mass is 9.90. The Hall–Kier alpha value is -4.10. The molecular formula is C29H24ClNO6. The third-order valence-electron chi connectivity index (χ3n) is 6.33. The first-order chi connectivity index (χ1) is 18.0. The molecule has 1 aliphatic carbocycles. The van der Waals surface area contributed by atoms with Crippen LogP contribution in [0, 0.1) is 0 Å². The number of hydrogen-bond acceptors (Lipinski definition) is 6. The van der Waals surface area contributed by atoms with E-state index in [1.165, 1.54) is 6.07 Å². The van der Waals surface area contributed by atoms with Gasteiger partial charge in [0.1, 0.15) is 12.2 Å². The zero-order valence-corrected chi connectivity index (χ0v) is 20.6. The van der Waals surface area contributed by atoms with Gasteiger partial charge in [-0.2, -0.15) is 0 Å². The van der Waals surface area contributed by atoms with Gasteiger partial charge in [0.25, 0.3) is 0 Å². The summed E-state index contributed by atoms with van der Waals surface area (Å²) in [6.45, 7) is 0.0447. The Balaban J connectivity index is 1.39. The van der Waals surface area contributed by atoms with E-state index < -0.39 is 18.1 Å². The Morgan fingerprint density at radius 1 is 0.946 bits per heavy atom. The number of hydrogen-bond donors (Lipinski definition) is 1. The highest BCUT2D eigenvalue weighted by Crippen LogP contribution is 2.35. The third kappa shape index (κ3) is 5.52. The van der Waals surface area contributed by atoms with Crippen LogP contribution in [-0.4, -0.2) is 12.1 Å². The number of esters is 1. The van der Waals surface area contributed by atoms with Crippen molar-refractivity contribution in [1.29, 1.82) is 0 Å². The van der Waals surface area contributed by atoms with Gasteiger partial charge in [-0.3, -0.25) is 0 Å². The van der Waals surface area contributed by atoms with Crippen molar-refractivity contribution in [1.82, 2.24) is 5.32 Å². The predicted octanol–water partition coefficient (Wildman–Crippen LogP) is 5.90. The highest BCUT2D eigenvalue weighted by atomic mass is 35.5. The fourth-order valence-electron chi connectivity index (χ4n) is 4.50. The first-order valence-electron chi connectivity index (χ1n) is 12.0. The maximum Gasteiger partial charge on any atom is 0.408 e. The van der Waals surface area contributed by atoms with Crippen LogP contribution in [0.2, 0.25) is 5.02 Å². The van der Waals surface area contributed by atoms with Crippen molar-refractivity contribution in [2.75, 3.05) is 0 Å². The number of alkyl carbamates (subject to hydrolysis) is 1. The minimum atomic E-state index is -1.16. The lowest BCUT2D eigenvalue weighted by Gasteiger charge is -2.19. The summed E-state index contributed by atoms with van der Waals surface area (Å²) in [5.74, 6) is -0.747. The maximum absolute atomic E-state index is 13.3. The molecule has 7 nitrogen and oxygen atoms in total. The van der Waals surface area contributed by atoms with E-state index in [4.69, 9.17) is 25.5 Å². The summed E-state index contributed by atoms with van der Waals surface area (Å²) in [5.41, 5.74) is 2.84. The van der Waals surface area contributed by atoms with Crippen LogP contribution in [0.1, 0.15) is 41.1 Å². The Kier molecular flexibility index (Phi) is 7.23. The number of ether oxygens (including phenoxy) is 2. The largest absolute Gasteiger partial charge is 0.445 e. The van der Waals surface area contributed by atoms with Crippen LogP contribution in [0.4, 0.5) is 4.79 Å². The molecule has 0 saturated carbocycles. The van der Waals surface area contributed by atoms with E-state index in [1.807, 2.05) is 30.3 Å². The number of aryl methyl sites for hydroxylation is 1. The quantitative estimate of drug-likeness (QED) is 0.194.